The highest BCUT2D eigenvalue weighted by Gasteiger charge is 2.73. The van der Waals surface area contributed by atoms with Crippen LogP contribution in [0.5, 0.6) is 0 Å². The van der Waals surface area contributed by atoms with Crippen LogP contribution in [0.1, 0.15) is 24.8 Å². The molecule has 8 N–H and O–H groups in total. The number of aliphatic hydroxyl groups excluding tert-OH is 4. The summed E-state index contributed by atoms with van der Waals surface area (Å²) in [6, 6.07) is 0. The average Bonchev–Trinajstić information content (AvgIpc) is 3.54. The van der Waals surface area contributed by atoms with Gasteiger partial charge in [0.1, 0.15) is 17.4 Å². The molecule has 4 heterocycles. The Morgan fingerprint density at radius 1 is 1.31 bits per heavy atom. The molecule has 1 aliphatic carbocycles. The van der Waals surface area contributed by atoms with E-state index in [0.29, 0.717) is 15.9 Å². The first kappa shape index (κ1) is 34.8. The van der Waals surface area contributed by atoms with Gasteiger partial charge in [-0.2, -0.15) is 8.68 Å². The number of fused-ring (bicyclic) bond motifs is 2. The maximum absolute atomic E-state index is 13.0. The summed E-state index contributed by atoms with van der Waals surface area (Å²) >= 11 is 4.84. The number of ether oxygens (including phenoxy) is 2. The Labute approximate surface area is 263 Å². The van der Waals surface area contributed by atoms with Crippen molar-refractivity contribution in [1.29, 1.82) is 0 Å². The summed E-state index contributed by atoms with van der Waals surface area (Å²) in [5.41, 5.74) is 6.73. The number of nitrogens with two attached hydrogens (primary N) is 1. The van der Waals surface area contributed by atoms with E-state index < -0.39 is 94.1 Å². The number of hydrogen-bond acceptors (Lipinski definition) is 18. The smallest absolute Gasteiger partial charge is 0.394 e. The third-order valence-electron chi connectivity index (χ3n) is 7.93. The van der Waals surface area contributed by atoms with Crippen molar-refractivity contribution in [3.05, 3.63) is 11.2 Å². The van der Waals surface area contributed by atoms with E-state index in [1.807, 2.05) is 6.92 Å². The summed E-state index contributed by atoms with van der Waals surface area (Å²) in [7, 11) is -5.36. The van der Waals surface area contributed by atoms with Gasteiger partial charge >= 0.3 is 14.6 Å². The van der Waals surface area contributed by atoms with Crippen molar-refractivity contribution in [3.8, 4) is 0 Å². The highest BCUT2D eigenvalue weighted by molar-refractivity contribution is 8.45. The standard InChI is InChI=1S/C22H31N5O14P2S2/c1-7-9(3-24-8(2)29)11(38-18(7)19-14-15(27-45-19)20(23)26-6-25-14)5-37-43(36,44)41-42(34,35)40-21-13-17(32)16(31)12(10(30)4-28)22(13,33)39-21/h3,6-7,9-13,16-18,21,28,30-33H,4-5H2,1-2H3,(H,34,35)(H,36,44)(H2,23,25,26)/b24-3+/t7-,9?,10-,11+,12?,13?,16?,17?,18+,21?,22?,43?/m0/s1. The van der Waals surface area contributed by atoms with Crippen LogP contribution in [0.15, 0.2) is 11.3 Å². The third kappa shape index (κ3) is 6.63. The Morgan fingerprint density at radius 2 is 2.02 bits per heavy atom. The predicted octanol–water partition coefficient (Wildman–Crippen LogP) is -0.468. The molecule has 9 unspecified atom stereocenters. The molecule has 1 saturated carbocycles. The lowest BCUT2D eigenvalue weighted by Gasteiger charge is -2.49. The monoisotopic (exact) mass is 715 g/mol. The second kappa shape index (κ2) is 12.8. The molecule has 5 rings (SSSR count). The molecule has 45 heavy (non-hydrogen) atoms. The summed E-state index contributed by atoms with van der Waals surface area (Å²) in [5, 5.41) is 50.4. The first-order chi connectivity index (χ1) is 21.0. The van der Waals surface area contributed by atoms with Gasteiger partial charge in [-0.25, -0.2) is 24.1 Å². The van der Waals surface area contributed by atoms with Crippen LogP contribution in [0.3, 0.4) is 0 Å². The fourth-order valence-electron chi connectivity index (χ4n) is 5.82. The van der Waals surface area contributed by atoms with E-state index in [1.165, 1.54) is 19.5 Å². The number of nitrogen functional groups attached to an aromatic ring is 1. The van der Waals surface area contributed by atoms with Crippen LogP contribution in [-0.4, -0.2) is 107 Å². The van der Waals surface area contributed by atoms with Gasteiger partial charge in [0, 0.05) is 19.1 Å². The van der Waals surface area contributed by atoms with Crippen LogP contribution in [0.25, 0.3) is 11.0 Å². The SMILES string of the molecule is CC(=O)/N=C/C1[C@@H](COP(=O)(S)OP(=O)(O)OC2OC3(O)C2C(O)C(O)C3[C@@H](O)CO)O[C@@H](c2snc3c(N)ncnc23)[C@H]1C. The Hall–Kier alpha value is -1.52. The van der Waals surface area contributed by atoms with E-state index >= 15 is 0 Å². The number of amides is 1. The molecule has 2 aliphatic heterocycles. The lowest BCUT2D eigenvalue weighted by Crippen LogP contribution is -2.64. The number of aliphatic imine (C=N–C) groups is 1. The summed E-state index contributed by atoms with van der Waals surface area (Å²) in [5.74, 6) is -6.83. The van der Waals surface area contributed by atoms with Gasteiger partial charge in [0.05, 0.1) is 60.4 Å². The molecule has 13 atom stereocenters. The number of aromatic nitrogens is 3. The van der Waals surface area contributed by atoms with Gasteiger partial charge in [-0.05, 0) is 17.5 Å². The molecule has 23 heteroatoms. The number of hydrogen-bond donors (Lipinski definition) is 8. The summed E-state index contributed by atoms with van der Waals surface area (Å²) in [4.78, 5) is 34.5. The molecule has 0 aromatic carbocycles. The van der Waals surface area contributed by atoms with Crippen molar-refractivity contribution < 1.29 is 67.2 Å². The zero-order valence-electron chi connectivity index (χ0n) is 23.4. The maximum atomic E-state index is 13.0. The number of phosphoric ester groups is 1. The Bertz CT molecular complexity index is 1570. The highest BCUT2D eigenvalue weighted by atomic mass is 32.7. The predicted molar refractivity (Wildman–Crippen MR) is 156 cm³/mol. The van der Waals surface area contributed by atoms with Gasteiger partial charge in [0.25, 0.3) is 0 Å². The molecule has 3 fully saturated rings. The molecule has 3 aliphatic rings. The van der Waals surface area contributed by atoms with Crippen molar-refractivity contribution in [3.63, 3.8) is 0 Å². The van der Waals surface area contributed by atoms with Gasteiger partial charge in [0.15, 0.2) is 17.9 Å². The zero-order chi connectivity index (χ0) is 33.1. The number of aliphatic hydroxyl groups is 5. The fourth-order valence-corrected chi connectivity index (χ4v) is 9.99. The molecule has 0 spiro atoms. The largest absolute Gasteiger partial charge is 0.482 e. The number of rotatable bonds is 11. The van der Waals surface area contributed by atoms with Crippen LogP contribution in [0.2, 0.25) is 0 Å². The van der Waals surface area contributed by atoms with Crippen molar-refractivity contribution in [2.75, 3.05) is 18.9 Å². The summed E-state index contributed by atoms with van der Waals surface area (Å²) < 4.78 is 56.1. The molecular weight excluding hydrogens is 684 g/mol. The van der Waals surface area contributed by atoms with E-state index in [4.69, 9.17) is 24.3 Å². The minimum atomic E-state index is -5.36. The molecule has 0 bridgehead atoms. The number of anilines is 1. The van der Waals surface area contributed by atoms with Gasteiger partial charge in [-0.1, -0.05) is 19.2 Å². The van der Waals surface area contributed by atoms with Gasteiger partial charge in [-0.15, -0.1) is 0 Å². The van der Waals surface area contributed by atoms with Gasteiger partial charge in [0.2, 0.25) is 5.91 Å². The van der Waals surface area contributed by atoms with Crippen LogP contribution in [-0.2, 0) is 36.8 Å². The second-order valence-corrected chi connectivity index (χ2v) is 16.0. The van der Waals surface area contributed by atoms with E-state index in [-0.39, 0.29) is 11.7 Å². The van der Waals surface area contributed by atoms with Crippen molar-refractivity contribution in [2.45, 2.75) is 56.4 Å². The summed E-state index contributed by atoms with van der Waals surface area (Å²) in [6.07, 6.45) is -6.12. The van der Waals surface area contributed by atoms with Crippen molar-refractivity contribution >= 4 is 67.4 Å². The second-order valence-electron chi connectivity index (χ2n) is 10.8. The highest BCUT2D eigenvalue weighted by Crippen LogP contribution is 2.68. The lowest BCUT2D eigenvalue weighted by atomic mass is 9.86. The fraction of sp³-hybridized carbons (Fsp3) is 0.682. The normalized spacial score (nSPS) is 38.1. The molecule has 2 saturated heterocycles. The first-order valence-corrected chi connectivity index (χ1v) is 18.3. The summed E-state index contributed by atoms with van der Waals surface area (Å²) in [6.45, 7) is -3.08. The Morgan fingerprint density at radius 3 is 2.69 bits per heavy atom. The minimum Gasteiger partial charge on any atom is -0.394 e. The van der Waals surface area contributed by atoms with Crippen LogP contribution >= 0.6 is 38.4 Å². The van der Waals surface area contributed by atoms with Gasteiger partial charge < -0.3 is 45.6 Å². The molecule has 19 nitrogen and oxygen atoms in total. The lowest BCUT2D eigenvalue weighted by molar-refractivity contribution is -0.427. The first-order valence-electron chi connectivity index (χ1n) is 13.3. The van der Waals surface area contributed by atoms with Crippen LogP contribution in [0, 0.1) is 23.7 Å². The molecule has 2 aromatic heterocycles. The van der Waals surface area contributed by atoms with Crippen molar-refractivity contribution in [1.82, 2.24) is 14.3 Å². The minimum absolute atomic E-state index is 0.171. The van der Waals surface area contributed by atoms with E-state index in [2.05, 4.69) is 35.9 Å². The molecule has 2 aromatic rings. The van der Waals surface area contributed by atoms with Gasteiger partial charge in [-0.3, -0.25) is 13.8 Å². The number of thiol groups is 1. The number of nitrogens with zero attached hydrogens (tertiary/aromatic N) is 4. The number of carbonyl (C=O) groups is 1. The quantitative estimate of drug-likeness (QED) is 0.0828. The maximum Gasteiger partial charge on any atom is 0.482 e. The third-order valence-corrected chi connectivity index (χ3v) is 12.4. The van der Waals surface area contributed by atoms with E-state index in [1.54, 1.807) is 0 Å². The Balaban J connectivity index is 1.26. The number of carbonyl (C=O) groups excluding carboxylic acids is 1. The van der Waals surface area contributed by atoms with E-state index in [0.717, 1.165) is 11.5 Å². The van der Waals surface area contributed by atoms with Crippen molar-refractivity contribution in [2.24, 2.45) is 28.7 Å². The van der Waals surface area contributed by atoms with E-state index in [9.17, 15) is 44.4 Å². The van der Waals surface area contributed by atoms with Crippen LogP contribution in [0.4, 0.5) is 5.82 Å². The van der Waals surface area contributed by atoms with Crippen LogP contribution < -0.4 is 5.73 Å². The molecule has 250 valence electrons. The number of phosphoric acid groups is 1. The topological polar surface area (TPSA) is 296 Å². The molecule has 0 radical (unpaired) electrons. The zero-order valence-corrected chi connectivity index (χ0v) is 26.9. The molecular formula is C22H31N5O14P2S2. The average molecular weight is 716 g/mol. The molecule has 1 amide bonds. The Kier molecular flexibility index (Phi) is 9.92.